The van der Waals surface area contributed by atoms with Gasteiger partial charge in [0, 0.05) is 13.1 Å². The molecule has 0 aromatic carbocycles. The fourth-order valence-electron chi connectivity index (χ4n) is 0.339. The first-order valence-corrected chi connectivity index (χ1v) is 4.27. The van der Waals surface area contributed by atoms with Gasteiger partial charge in [-0.1, -0.05) is 24.4 Å². The Labute approximate surface area is 110 Å². The third kappa shape index (κ3) is 14.3. The van der Waals surface area contributed by atoms with Crippen molar-refractivity contribution < 1.29 is 29.6 Å². The minimum Gasteiger partial charge on any atom is -0.369 e. The van der Waals surface area contributed by atoms with Crippen LogP contribution in [0.5, 0.6) is 0 Å². The van der Waals surface area contributed by atoms with Gasteiger partial charge in [0.05, 0.1) is 0 Å². The van der Waals surface area contributed by atoms with Crippen molar-refractivity contribution >= 4 is 58.3 Å². The summed E-state index contributed by atoms with van der Waals surface area (Å²) in [5.41, 5.74) is 0. The van der Waals surface area contributed by atoms with Crippen LogP contribution in [0.2, 0.25) is 0 Å². The van der Waals surface area contributed by atoms with Gasteiger partial charge in [-0.2, -0.15) is 0 Å². The van der Waals surface area contributed by atoms with Gasteiger partial charge in [-0.05, 0) is 0 Å². The number of nitrogens with one attached hydrogen (secondary N) is 2. The van der Waals surface area contributed by atoms with Crippen LogP contribution in [-0.2, 0) is 0 Å². The third-order valence-corrected chi connectivity index (χ3v) is 1.28. The number of hydrogen-bond donors (Lipinski definition) is 4. The summed E-state index contributed by atoms with van der Waals surface area (Å²) in [4.78, 5) is 0. The molecule has 0 saturated carbocycles. The minimum absolute atomic E-state index is 0. The second-order valence-electron chi connectivity index (χ2n) is 1.46. The zero-order valence-electron chi connectivity index (χ0n) is 6.13. The maximum Gasteiger partial charge on any atom is 1.00 e. The summed E-state index contributed by atoms with van der Waals surface area (Å²) in [6.07, 6.45) is 0. The molecule has 0 aromatic heterocycles. The van der Waals surface area contributed by atoms with Crippen LogP contribution >= 0.6 is 49.7 Å². The first kappa shape index (κ1) is 15.0. The molecule has 0 bridgehead atoms. The SMILES string of the molecule is S=C(S)NCCNC(=S)S.[Na+]. The van der Waals surface area contributed by atoms with Crippen LogP contribution in [-0.4, -0.2) is 21.7 Å². The van der Waals surface area contributed by atoms with Gasteiger partial charge in [0.25, 0.3) is 0 Å². The van der Waals surface area contributed by atoms with E-state index in [1.807, 2.05) is 0 Å². The summed E-state index contributed by atoms with van der Waals surface area (Å²) in [5.74, 6) is 0. The van der Waals surface area contributed by atoms with Gasteiger partial charge >= 0.3 is 29.6 Å². The minimum atomic E-state index is 0. The van der Waals surface area contributed by atoms with E-state index in [1.165, 1.54) is 0 Å². The summed E-state index contributed by atoms with van der Waals surface area (Å²) >= 11 is 17.0. The molecule has 0 radical (unpaired) electrons. The van der Waals surface area contributed by atoms with Crippen LogP contribution in [0.3, 0.4) is 0 Å². The van der Waals surface area contributed by atoms with E-state index in [9.17, 15) is 0 Å². The molecule has 0 spiro atoms. The van der Waals surface area contributed by atoms with Crippen molar-refractivity contribution in [1.82, 2.24) is 10.6 Å². The number of thiol groups is 2. The summed E-state index contributed by atoms with van der Waals surface area (Å²) in [6.45, 7) is 1.42. The fraction of sp³-hybridized carbons (Fsp3) is 0.500. The van der Waals surface area contributed by atoms with Crippen LogP contribution in [0.15, 0.2) is 0 Å². The standard InChI is InChI=1S/C4H8N2S4.Na/c7-3(8)5-1-2-6-4(9)10;/h1-2H2,(H2,5,7,8)(H2,6,9,10);/q;+1. The Morgan fingerprint density at radius 3 is 1.45 bits per heavy atom. The Kier molecular flexibility index (Phi) is 13.0. The number of hydrogen-bond acceptors (Lipinski definition) is 2. The number of rotatable bonds is 3. The zero-order chi connectivity index (χ0) is 7.98. The maximum absolute atomic E-state index is 4.65. The predicted molar refractivity (Wildman–Crippen MR) is 59.2 cm³/mol. The molecule has 0 aliphatic carbocycles. The summed E-state index contributed by atoms with van der Waals surface area (Å²) in [6, 6.07) is 0. The molecular weight excluding hydrogens is 227 g/mol. The molecule has 0 aromatic rings. The van der Waals surface area contributed by atoms with E-state index < -0.39 is 0 Å². The Hall–Kier alpha value is 1.48. The molecule has 11 heavy (non-hydrogen) atoms. The van der Waals surface area contributed by atoms with Crippen LogP contribution in [0.4, 0.5) is 0 Å². The molecule has 0 unspecified atom stereocenters. The van der Waals surface area contributed by atoms with E-state index in [-0.39, 0.29) is 29.6 Å². The van der Waals surface area contributed by atoms with Gasteiger partial charge in [-0.15, -0.1) is 25.3 Å². The molecule has 0 heterocycles. The first-order valence-electron chi connectivity index (χ1n) is 2.56. The molecular formula is C4H8N2NaS4+. The summed E-state index contributed by atoms with van der Waals surface area (Å²) in [5, 5.41) is 5.68. The topological polar surface area (TPSA) is 24.1 Å². The summed E-state index contributed by atoms with van der Waals surface area (Å²) < 4.78 is 0.985. The molecule has 0 aliphatic heterocycles. The molecule has 0 fully saturated rings. The van der Waals surface area contributed by atoms with Gasteiger partial charge in [0.1, 0.15) is 8.64 Å². The Morgan fingerprint density at radius 2 is 1.27 bits per heavy atom. The molecule has 0 aliphatic rings. The van der Waals surface area contributed by atoms with Gasteiger partial charge in [0.2, 0.25) is 0 Å². The van der Waals surface area contributed by atoms with E-state index in [4.69, 9.17) is 0 Å². The van der Waals surface area contributed by atoms with Crippen molar-refractivity contribution in [2.45, 2.75) is 0 Å². The average molecular weight is 235 g/mol. The molecule has 7 heteroatoms. The van der Waals surface area contributed by atoms with Crippen molar-refractivity contribution in [3.05, 3.63) is 0 Å². The van der Waals surface area contributed by atoms with Crippen LogP contribution < -0.4 is 40.2 Å². The Balaban J connectivity index is 0. The second-order valence-corrected chi connectivity index (χ2v) is 3.78. The quantitative estimate of drug-likeness (QED) is 0.190. The molecule has 0 amide bonds. The predicted octanol–water partition coefficient (Wildman–Crippen LogP) is -2.40. The molecule has 0 saturated heterocycles. The van der Waals surface area contributed by atoms with Crippen molar-refractivity contribution in [3.63, 3.8) is 0 Å². The monoisotopic (exact) mass is 235 g/mol. The molecule has 0 atom stereocenters. The van der Waals surface area contributed by atoms with Gasteiger partial charge in [-0.3, -0.25) is 0 Å². The average Bonchev–Trinajstić information content (AvgIpc) is 1.79. The van der Waals surface area contributed by atoms with E-state index in [0.29, 0.717) is 21.7 Å². The van der Waals surface area contributed by atoms with E-state index >= 15 is 0 Å². The second kappa shape index (κ2) is 9.57. The molecule has 58 valence electrons. The molecule has 0 rings (SSSR count). The zero-order valence-corrected chi connectivity index (χ0v) is 11.5. The Bertz CT molecular complexity index is 124. The van der Waals surface area contributed by atoms with Crippen LogP contribution in [0, 0.1) is 0 Å². The fourth-order valence-corrected chi connectivity index (χ4v) is 0.767. The largest absolute Gasteiger partial charge is 1.00 e. The number of thiocarbonyl (C=S) groups is 2. The van der Waals surface area contributed by atoms with Crippen molar-refractivity contribution in [2.75, 3.05) is 13.1 Å². The smallest absolute Gasteiger partial charge is 0.369 e. The van der Waals surface area contributed by atoms with E-state index in [0.717, 1.165) is 0 Å². The molecule has 2 N–H and O–H groups in total. The van der Waals surface area contributed by atoms with Crippen molar-refractivity contribution in [3.8, 4) is 0 Å². The molecule has 2 nitrogen and oxygen atoms in total. The third-order valence-electron chi connectivity index (χ3n) is 0.677. The van der Waals surface area contributed by atoms with Gasteiger partial charge in [-0.25, -0.2) is 0 Å². The van der Waals surface area contributed by atoms with E-state index in [2.05, 4.69) is 60.3 Å². The van der Waals surface area contributed by atoms with Crippen molar-refractivity contribution in [2.24, 2.45) is 0 Å². The van der Waals surface area contributed by atoms with Gasteiger partial charge in [0.15, 0.2) is 0 Å². The normalized spacial score (nSPS) is 7.82. The van der Waals surface area contributed by atoms with E-state index in [1.54, 1.807) is 0 Å². The van der Waals surface area contributed by atoms with Crippen molar-refractivity contribution in [1.29, 1.82) is 0 Å². The summed E-state index contributed by atoms with van der Waals surface area (Å²) in [7, 11) is 0. The van der Waals surface area contributed by atoms with Crippen LogP contribution in [0.1, 0.15) is 0 Å². The van der Waals surface area contributed by atoms with Gasteiger partial charge < -0.3 is 10.6 Å². The van der Waals surface area contributed by atoms with Crippen LogP contribution in [0.25, 0.3) is 0 Å². The Morgan fingerprint density at radius 1 is 1.00 bits per heavy atom. The first-order chi connectivity index (χ1) is 4.63. The maximum atomic E-state index is 4.65.